The Morgan fingerprint density at radius 1 is 1.36 bits per heavy atom. The first kappa shape index (κ1) is 9.19. The largest absolute Gasteiger partial charge is 0.474 e. The maximum Gasteiger partial charge on any atom is 0.236 e. The van der Waals surface area contributed by atoms with Crippen LogP contribution in [0.15, 0.2) is 23.3 Å². The van der Waals surface area contributed by atoms with Gasteiger partial charge in [-0.15, -0.1) is 0 Å². The van der Waals surface area contributed by atoms with Crippen LogP contribution in [-0.2, 0) is 4.74 Å². The molecule has 0 atom stereocenters. The smallest absolute Gasteiger partial charge is 0.236 e. The van der Waals surface area contributed by atoms with Crippen LogP contribution in [0.1, 0.15) is 25.1 Å². The highest BCUT2D eigenvalue weighted by molar-refractivity contribution is 5.93. The molecule has 0 bridgehead atoms. The molecule has 1 aliphatic rings. The highest BCUT2D eigenvalue weighted by Crippen LogP contribution is 2.19. The zero-order valence-electron chi connectivity index (χ0n) is 8.74. The van der Waals surface area contributed by atoms with Gasteiger partial charge >= 0.3 is 0 Å². The van der Waals surface area contributed by atoms with Crippen molar-refractivity contribution in [3.05, 3.63) is 29.6 Å². The average Bonchev–Trinajstić information content (AvgIpc) is 2.47. The first-order chi connectivity index (χ1) is 6.57. The Balaban J connectivity index is 2.29. The standard InChI is InChI=1S/C11H14N2O/c1-8-4-5-9(12-6-8)10-13-11(2,3)7-14-10/h4-6H,7H2,1-3H3. The molecule has 2 heterocycles. The van der Waals surface area contributed by atoms with Gasteiger partial charge < -0.3 is 4.74 Å². The summed E-state index contributed by atoms with van der Waals surface area (Å²) in [4.78, 5) is 8.72. The van der Waals surface area contributed by atoms with Gasteiger partial charge in [0.25, 0.3) is 0 Å². The third kappa shape index (κ3) is 1.76. The third-order valence-corrected chi connectivity index (χ3v) is 2.10. The summed E-state index contributed by atoms with van der Waals surface area (Å²) in [6.07, 6.45) is 1.83. The SMILES string of the molecule is Cc1ccc(C2=NC(C)(C)CO2)nc1. The molecular formula is C11H14N2O. The first-order valence-corrected chi connectivity index (χ1v) is 4.72. The van der Waals surface area contributed by atoms with E-state index in [1.807, 2.05) is 39.1 Å². The number of pyridine rings is 1. The van der Waals surface area contributed by atoms with Gasteiger partial charge in [-0.25, -0.2) is 4.99 Å². The van der Waals surface area contributed by atoms with E-state index in [0.29, 0.717) is 12.5 Å². The Labute approximate surface area is 83.8 Å². The fraction of sp³-hybridized carbons (Fsp3) is 0.455. The van der Waals surface area contributed by atoms with Gasteiger partial charge in [0.15, 0.2) is 0 Å². The number of hydrogen-bond acceptors (Lipinski definition) is 3. The van der Waals surface area contributed by atoms with Gasteiger partial charge in [-0.2, -0.15) is 0 Å². The molecule has 3 heteroatoms. The monoisotopic (exact) mass is 190 g/mol. The van der Waals surface area contributed by atoms with Crippen molar-refractivity contribution in [3.8, 4) is 0 Å². The van der Waals surface area contributed by atoms with Crippen molar-refractivity contribution in [2.45, 2.75) is 26.3 Å². The fourth-order valence-electron chi connectivity index (χ4n) is 1.31. The predicted octanol–water partition coefficient (Wildman–Crippen LogP) is 1.95. The van der Waals surface area contributed by atoms with Crippen LogP contribution < -0.4 is 0 Å². The molecule has 0 unspecified atom stereocenters. The summed E-state index contributed by atoms with van der Waals surface area (Å²) in [7, 11) is 0. The molecule has 14 heavy (non-hydrogen) atoms. The van der Waals surface area contributed by atoms with Crippen molar-refractivity contribution >= 4 is 5.90 Å². The van der Waals surface area contributed by atoms with Gasteiger partial charge in [0, 0.05) is 6.20 Å². The van der Waals surface area contributed by atoms with Crippen LogP contribution in [0, 0.1) is 6.92 Å². The Hall–Kier alpha value is -1.38. The van der Waals surface area contributed by atoms with Crippen molar-refractivity contribution in [1.82, 2.24) is 4.98 Å². The summed E-state index contributed by atoms with van der Waals surface area (Å²) in [6, 6.07) is 3.95. The number of nitrogens with zero attached hydrogens (tertiary/aromatic N) is 2. The summed E-state index contributed by atoms with van der Waals surface area (Å²) in [6.45, 7) is 6.75. The Morgan fingerprint density at radius 2 is 2.14 bits per heavy atom. The quantitative estimate of drug-likeness (QED) is 0.678. The van der Waals surface area contributed by atoms with Crippen molar-refractivity contribution in [2.75, 3.05) is 6.61 Å². The normalized spacial score (nSPS) is 18.9. The summed E-state index contributed by atoms with van der Waals surface area (Å²) >= 11 is 0. The molecule has 0 fully saturated rings. The Morgan fingerprint density at radius 3 is 2.64 bits per heavy atom. The van der Waals surface area contributed by atoms with Crippen molar-refractivity contribution in [2.24, 2.45) is 4.99 Å². The Bertz CT molecular complexity index is 365. The molecule has 74 valence electrons. The molecule has 0 saturated heterocycles. The lowest BCUT2D eigenvalue weighted by atomic mass is 10.1. The first-order valence-electron chi connectivity index (χ1n) is 4.72. The van der Waals surface area contributed by atoms with E-state index in [0.717, 1.165) is 11.3 Å². The lowest BCUT2D eigenvalue weighted by molar-refractivity contribution is 0.279. The van der Waals surface area contributed by atoms with E-state index in [-0.39, 0.29) is 5.54 Å². The second-order valence-electron chi connectivity index (χ2n) is 4.24. The molecule has 0 aliphatic carbocycles. The molecule has 0 aromatic carbocycles. The van der Waals surface area contributed by atoms with E-state index in [1.165, 1.54) is 0 Å². The molecular weight excluding hydrogens is 176 g/mol. The molecule has 3 nitrogen and oxygen atoms in total. The van der Waals surface area contributed by atoms with Crippen LogP contribution in [0.3, 0.4) is 0 Å². The van der Waals surface area contributed by atoms with Gasteiger partial charge in [0.05, 0.1) is 5.54 Å². The number of hydrogen-bond donors (Lipinski definition) is 0. The van der Waals surface area contributed by atoms with Crippen molar-refractivity contribution < 1.29 is 4.74 Å². The van der Waals surface area contributed by atoms with E-state index >= 15 is 0 Å². The molecule has 1 aromatic rings. The molecule has 2 rings (SSSR count). The highest BCUT2D eigenvalue weighted by Gasteiger charge is 2.27. The van der Waals surface area contributed by atoms with Crippen LogP contribution in [0.5, 0.6) is 0 Å². The van der Waals surface area contributed by atoms with E-state index in [2.05, 4.69) is 9.98 Å². The minimum atomic E-state index is -0.109. The van der Waals surface area contributed by atoms with E-state index in [1.54, 1.807) is 0 Å². The minimum Gasteiger partial charge on any atom is -0.474 e. The van der Waals surface area contributed by atoms with Crippen LogP contribution in [0.4, 0.5) is 0 Å². The van der Waals surface area contributed by atoms with Crippen molar-refractivity contribution in [1.29, 1.82) is 0 Å². The molecule has 0 spiro atoms. The molecule has 1 aliphatic heterocycles. The second kappa shape index (κ2) is 3.08. The van der Waals surface area contributed by atoms with E-state index < -0.39 is 0 Å². The summed E-state index contributed by atoms with van der Waals surface area (Å²) < 4.78 is 5.48. The second-order valence-corrected chi connectivity index (χ2v) is 4.24. The number of rotatable bonds is 1. The average molecular weight is 190 g/mol. The zero-order chi connectivity index (χ0) is 10.2. The predicted molar refractivity (Wildman–Crippen MR) is 55.5 cm³/mol. The number of aliphatic imine (C=N–C) groups is 1. The van der Waals surface area contributed by atoms with E-state index in [4.69, 9.17) is 4.74 Å². The van der Waals surface area contributed by atoms with Crippen LogP contribution in [0.2, 0.25) is 0 Å². The molecule has 0 radical (unpaired) electrons. The molecule has 1 aromatic heterocycles. The van der Waals surface area contributed by atoms with Gasteiger partial charge in [-0.05, 0) is 32.4 Å². The fourth-order valence-corrected chi connectivity index (χ4v) is 1.31. The molecule has 0 amide bonds. The number of aryl methyl sites for hydroxylation is 1. The van der Waals surface area contributed by atoms with Gasteiger partial charge in [-0.1, -0.05) is 6.07 Å². The number of aromatic nitrogens is 1. The molecule has 0 N–H and O–H groups in total. The minimum absolute atomic E-state index is 0.109. The van der Waals surface area contributed by atoms with Crippen LogP contribution in [0.25, 0.3) is 0 Å². The lowest BCUT2D eigenvalue weighted by Crippen LogP contribution is -2.17. The maximum atomic E-state index is 5.48. The highest BCUT2D eigenvalue weighted by atomic mass is 16.5. The van der Waals surface area contributed by atoms with Crippen LogP contribution >= 0.6 is 0 Å². The lowest BCUT2D eigenvalue weighted by Gasteiger charge is -2.07. The summed E-state index contributed by atoms with van der Waals surface area (Å²) in [5, 5.41) is 0. The topological polar surface area (TPSA) is 34.5 Å². The molecule has 0 saturated carbocycles. The summed E-state index contributed by atoms with van der Waals surface area (Å²) in [5.41, 5.74) is 1.86. The van der Waals surface area contributed by atoms with Crippen LogP contribution in [-0.4, -0.2) is 23.0 Å². The maximum absolute atomic E-state index is 5.48. The van der Waals surface area contributed by atoms with Gasteiger partial charge in [0.2, 0.25) is 5.90 Å². The third-order valence-electron chi connectivity index (χ3n) is 2.10. The van der Waals surface area contributed by atoms with E-state index in [9.17, 15) is 0 Å². The summed E-state index contributed by atoms with van der Waals surface area (Å²) in [5.74, 6) is 0.662. The van der Waals surface area contributed by atoms with Crippen molar-refractivity contribution in [3.63, 3.8) is 0 Å². The number of ether oxygens (including phenoxy) is 1. The van der Waals surface area contributed by atoms with Gasteiger partial charge in [-0.3, -0.25) is 4.98 Å². The van der Waals surface area contributed by atoms with Gasteiger partial charge in [0.1, 0.15) is 12.3 Å². The zero-order valence-corrected chi connectivity index (χ0v) is 8.74. The Kier molecular flexibility index (Phi) is 2.02.